The van der Waals surface area contributed by atoms with Crippen LogP contribution in [0, 0.1) is 5.82 Å². The summed E-state index contributed by atoms with van der Waals surface area (Å²) in [5.41, 5.74) is 6.41. The lowest BCUT2D eigenvalue weighted by molar-refractivity contribution is -0.122. The molecule has 2 aromatic carbocycles. The highest BCUT2D eigenvalue weighted by Crippen LogP contribution is 2.15. The topological polar surface area (TPSA) is 134 Å². The summed E-state index contributed by atoms with van der Waals surface area (Å²) in [6.45, 7) is 1.000. The molecule has 0 fully saturated rings. The van der Waals surface area contributed by atoms with Gasteiger partial charge in [-0.15, -0.1) is 0 Å². The van der Waals surface area contributed by atoms with E-state index in [1.165, 1.54) is 25.1 Å². The first-order valence-corrected chi connectivity index (χ1v) is 9.16. The predicted molar refractivity (Wildman–Crippen MR) is 111 cm³/mol. The minimum atomic E-state index is -0.967. The number of carbonyl (C=O) groups is 4. The molecule has 3 N–H and O–H groups in total. The van der Waals surface area contributed by atoms with Crippen LogP contribution in [0.5, 0.6) is 0 Å². The van der Waals surface area contributed by atoms with E-state index in [0.29, 0.717) is 16.2 Å². The van der Waals surface area contributed by atoms with Gasteiger partial charge in [0.25, 0.3) is 11.8 Å². The molecule has 9 nitrogen and oxygen atoms in total. The molecule has 31 heavy (non-hydrogen) atoms. The van der Waals surface area contributed by atoms with Gasteiger partial charge >= 0.3 is 6.03 Å². The van der Waals surface area contributed by atoms with E-state index in [4.69, 9.17) is 5.73 Å². The molecule has 2 aromatic rings. The van der Waals surface area contributed by atoms with Crippen molar-refractivity contribution in [1.82, 2.24) is 4.90 Å². The molecule has 0 saturated heterocycles. The fourth-order valence-electron chi connectivity index (χ4n) is 2.83. The van der Waals surface area contributed by atoms with E-state index < -0.39 is 35.2 Å². The monoisotopic (exact) mass is 423 g/mol. The van der Waals surface area contributed by atoms with Crippen LogP contribution in [-0.4, -0.2) is 40.2 Å². The summed E-state index contributed by atoms with van der Waals surface area (Å²) in [6, 6.07) is 11.2. The van der Waals surface area contributed by atoms with Gasteiger partial charge in [0.2, 0.25) is 5.91 Å². The maximum Gasteiger partial charge on any atom is 0.352 e. The van der Waals surface area contributed by atoms with Crippen LogP contribution in [0.2, 0.25) is 0 Å². The van der Waals surface area contributed by atoms with Crippen molar-refractivity contribution >= 4 is 41.0 Å². The van der Waals surface area contributed by atoms with E-state index in [1.54, 1.807) is 30.3 Å². The number of hydrogen-bond acceptors (Lipinski definition) is 5. The molecular weight excluding hydrogens is 405 g/mol. The highest BCUT2D eigenvalue weighted by atomic mass is 19.1. The number of carbonyl (C=O) groups excluding carboxylic acids is 4. The number of amidine groups is 1. The Morgan fingerprint density at radius 3 is 2.45 bits per heavy atom. The van der Waals surface area contributed by atoms with Gasteiger partial charge in [-0.2, -0.15) is 4.99 Å². The number of rotatable bonds is 5. The van der Waals surface area contributed by atoms with Gasteiger partial charge in [0.15, 0.2) is 11.5 Å². The van der Waals surface area contributed by atoms with Crippen molar-refractivity contribution in [2.75, 3.05) is 5.32 Å². The summed E-state index contributed by atoms with van der Waals surface area (Å²) in [5.74, 6) is -2.92. The molecule has 1 aliphatic heterocycles. The van der Waals surface area contributed by atoms with Gasteiger partial charge in [-0.3, -0.25) is 19.3 Å². The number of hydrogen-bond donors (Lipinski definition) is 2. The number of benzene rings is 2. The second-order valence-corrected chi connectivity index (χ2v) is 6.67. The molecule has 0 atom stereocenters. The van der Waals surface area contributed by atoms with Crippen LogP contribution >= 0.6 is 0 Å². The Bertz CT molecular complexity index is 1120. The molecule has 1 heterocycles. The third-order valence-electron chi connectivity index (χ3n) is 4.29. The number of nitrogens with one attached hydrogen (secondary N) is 1. The zero-order valence-electron chi connectivity index (χ0n) is 16.5. The minimum absolute atomic E-state index is 0.102. The summed E-state index contributed by atoms with van der Waals surface area (Å²) in [5, 5.41) is 2.60. The number of amides is 5. The number of aliphatic imine (C=N–C) groups is 2. The van der Waals surface area contributed by atoms with Gasteiger partial charge in [0.05, 0.1) is 13.0 Å². The molecule has 0 unspecified atom stereocenters. The Morgan fingerprint density at radius 1 is 1.13 bits per heavy atom. The number of imide groups is 1. The van der Waals surface area contributed by atoms with Gasteiger partial charge in [-0.1, -0.05) is 30.3 Å². The quantitative estimate of drug-likeness (QED) is 0.756. The van der Waals surface area contributed by atoms with Crippen LogP contribution in [0.15, 0.2) is 58.5 Å². The molecule has 0 radical (unpaired) electrons. The summed E-state index contributed by atoms with van der Waals surface area (Å²) in [4.78, 5) is 56.1. The van der Waals surface area contributed by atoms with Crippen LogP contribution < -0.4 is 11.1 Å². The first-order valence-electron chi connectivity index (χ1n) is 9.16. The minimum Gasteiger partial charge on any atom is -0.382 e. The van der Waals surface area contributed by atoms with Crippen molar-refractivity contribution in [1.29, 1.82) is 0 Å². The second kappa shape index (κ2) is 9.08. The molecule has 10 heteroatoms. The lowest BCUT2D eigenvalue weighted by Crippen LogP contribution is -2.49. The number of urea groups is 1. The van der Waals surface area contributed by atoms with Gasteiger partial charge < -0.3 is 11.1 Å². The summed E-state index contributed by atoms with van der Waals surface area (Å²) in [6.07, 6.45) is -0.147. The fraction of sp³-hybridized carbons (Fsp3) is 0.143. The molecule has 0 spiro atoms. The summed E-state index contributed by atoms with van der Waals surface area (Å²) < 4.78 is 13.9. The first-order chi connectivity index (χ1) is 14.7. The Hall–Kier alpha value is -4.21. The third kappa shape index (κ3) is 5.24. The SMILES string of the molecule is CC(=O)Nc1ccc(CC(=O)N=C2C(=O)N(Cc3ccccc3F)C(=O)N=C2N)cc1. The van der Waals surface area contributed by atoms with E-state index in [0.717, 1.165) is 0 Å². The zero-order chi connectivity index (χ0) is 22.5. The number of anilines is 1. The standard InChI is InChI=1S/C21H18FN5O4/c1-12(28)24-15-8-6-13(7-9-15)10-17(29)25-18-19(23)26-21(31)27(20(18)30)11-14-4-2-3-5-16(14)22/h2-9H,10-11H2,1H3,(H,24,28)(H2,23,26,31). The van der Waals surface area contributed by atoms with Crippen molar-refractivity contribution in [2.24, 2.45) is 15.7 Å². The zero-order valence-corrected chi connectivity index (χ0v) is 16.5. The van der Waals surface area contributed by atoms with Crippen LogP contribution in [0.3, 0.4) is 0 Å². The van der Waals surface area contributed by atoms with Gasteiger partial charge in [-0.25, -0.2) is 14.2 Å². The van der Waals surface area contributed by atoms with Crippen LogP contribution in [-0.2, 0) is 27.3 Å². The molecule has 0 saturated carbocycles. The van der Waals surface area contributed by atoms with Crippen molar-refractivity contribution in [2.45, 2.75) is 19.9 Å². The largest absolute Gasteiger partial charge is 0.382 e. The van der Waals surface area contributed by atoms with E-state index in [2.05, 4.69) is 15.3 Å². The summed E-state index contributed by atoms with van der Waals surface area (Å²) >= 11 is 0. The number of halogens is 1. The fourth-order valence-corrected chi connectivity index (χ4v) is 2.83. The smallest absolute Gasteiger partial charge is 0.352 e. The average Bonchev–Trinajstić information content (AvgIpc) is 2.71. The Morgan fingerprint density at radius 2 is 1.81 bits per heavy atom. The number of nitrogens with zero attached hydrogens (tertiary/aromatic N) is 3. The summed E-state index contributed by atoms with van der Waals surface area (Å²) in [7, 11) is 0. The predicted octanol–water partition coefficient (Wildman–Crippen LogP) is 1.81. The van der Waals surface area contributed by atoms with Gasteiger partial charge in [0, 0.05) is 18.2 Å². The second-order valence-electron chi connectivity index (χ2n) is 6.67. The maximum atomic E-state index is 13.9. The lowest BCUT2D eigenvalue weighted by Gasteiger charge is -2.23. The van der Waals surface area contributed by atoms with E-state index in [9.17, 15) is 23.6 Å². The Labute approximate surface area is 176 Å². The molecule has 0 aliphatic carbocycles. The van der Waals surface area contributed by atoms with Gasteiger partial charge in [0.1, 0.15) is 5.82 Å². The molecular formula is C21H18FN5O4. The van der Waals surface area contributed by atoms with Crippen molar-refractivity contribution < 1.29 is 23.6 Å². The Kier molecular flexibility index (Phi) is 6.29. The van der Waals surface area contributed by atoms with E-state index in [-0.39, 0.29) is 24.4 Å². The molecule has 0 aromatic heterocycles. The highest BCUT2D eigenvalue weighted by Gasteiger charge is 2.34. The third-order valence-corrected chi connectivity index (χ3v) is 4.29. The van der Waals surface area contributed by atoms with Crippen LogP contribution in [0.1, 0.15) is 18.1 Å². The number of nitrogens with two attached hydrogens (primary N) is 1. The maximum absolute atomic E-state index is 13.9. The van der Waals surface area contributed by atoms with Crippen LogP contribution in [0.4, 0.5) is 14.9 Å². The highest BCUT2D eigenvalue weighted by molar-refractivity contribution is 6.69. The molecule has 5 amide bonds. The molecule has 3 rings (SSSR count). The Balaban J connectivity index is 1.77. The first kappa shape index (κ1) is 21.5. The average molecular weight is 423 g/mol. The van der Waals surface area contributed by atoms with Gasteiger partial charge in [-0.05, 0) is 23.8 Å². The normalized spacial score (nSPS) is 15.1. The van der Waals surface area contributed by atoms with Crippen molar-refractivity contribution in [3.8, 4) is 0 Å². The molecule has 1 aliphatic rings. The van der Waals surface area contributed by atoms with Crippen molar-refractivity contribution in [3.63, 3.8) is 0 Å². The lowest BCUT2D eigenvalue weighted by atomic mass is 10.1. The van der Waals surface area contributed by atoms with Crippen molar-refractivity contribution in [3.05, 3.63) is 65.5 Å². The molecule has 0 bridgehead atoms. The molecule has 158 valence electrons. The van der Waals surface area contributed by atoms with Crippen LogP contribution in [0.25, 0.3) is 0 Å². The van der Waals surface area contributed by atoms with E-state index >= 15 is 0 Å². The van der Waals surface area contributed by atoms with E-state index in [1.807, 2.05) is 0 Å².